The number of thiazole rings is 1. The fourth-order valence-corrected chi connectivity index (χ4v) is 4.24. The zero-order chi connectivity index (χ0) is 20.5. The minimum absolute atomic E-state index is 0.176. The summed E-state index contributed by atoms with van der Waals surface area (Å²) in [6.07, 6.45) is 3.87. The Hall–Kier alpha value is -3.19. The first-order chi connectivity index (χ1) is 14.0. The van der Waals surface area contributed by atoms with Gasteiger partial charge in [-0.05, 0) is 45.0 Å². The van der Waals surface area contributed by atoms with Gasteiger partial charge in [-0.25, -0.2) is 9.97 Å². The zero-order valence-electron chi connectivity index (χ0n) is 16.8. The molecule has 6 nitrogen and oxygen atoms in total. The molecule has 4 aromatic rings. The molecular formula is C22H22N4O2S. The van der Waals surface area contributed by atoms with E-state index in [0.717, 1.165) is 21.6 Å². The molecule has 1 amide bonds. The van der Waals surface area contributed by atoms with Crippen molar-refractivity contribution in [2.24, 2.45) is 0 Å². The van der Waals surface area contributed by atoms with Gasteiger partial charge in [-0.2, -0.15) is 0 Å². The molecule has 0 fully saturated rings. The smallest absolute Gasteiger partial charge is 0.267 e. The number of aryl methyl sites for hydroxylation is 1. The fraction of sp³-hybridized carbons (Fsp3) is 0.227. The van der Waals surface area contributed by atoms with E-state index >= 15 is 0 Å². The van der Waals surface area contributed by atoms with Crippen molar-refractivity contribution in [2.75, 3.05) is 12.4 Å². The van der Waals surface area contributed by atoms with Gasteiger partial charge in [-0.3, -0.25) is 4.79 Å². The fourth-order valence-electron chi connectivity index (χ4n) is 3.26. The Morgan fingerprint density at radius 2 is 2.07 bits per heavy atom. The van der Waals surface area contributed by atoms with Crippen molar-refractivity contribution in [3.63, 3.8) is 0 Å². The van der Waals surface area contributed by atoms with Crippen LogP contribution in [0.2, 0.25) is 0 Å². The highest BCUT2D eigenvalue weighted by molar-refractivity contribution is 7.17. The van der Waals surface area contributed by atoms with Crippen molar-refractivity contribution in [3.05, 3.63) is 59.4 Å². The minimum atomic E-state index is -0.176. The highest BCUT2D eigenvalue weighted by atomic mass is 32.1. The van der Waals surface area contributed by atoms with Gasteiger partial charge in [0.1, 0.15) is 21.3 Å². The van der Waals surface area contributed by atoms with Crippen molar-refractivity contribution in [1.29, 1.82) is 0 Å². The lowest BCUT2D eigenvalue weighted by atomic mass is 10.2. The molecule has 0 aliphatic heterocycles. The molecule has 0 radical (unpaired) electrons. The second-order valence-electron chi connectivity index (χ2n) is 7.04. The van der Waals surface area contributed by atoms with Crippen LogP contribution in [0.5, 0.6) is 5.75 Å². The number of amides is 1. The van der Waals surface area contributed by atoms with E-state index in [1.165, 1.54) is 11.3 Å². The van der Waals surface area contributed by atoms with Gasteiger partial charge in [-0.15, -0.1) is 11.3 Å². The molecule has 1 aromatic carbocycles. The van der Waals surface area contributed by atoms with E-state index in [1.54, 1.807) is 19.4 Å². The summed E-state index contributed by atoms with van der Waals surface area (Å²) in [5, 5.41) is 4.79. The van der Waals surface area contributed by atoms with Gasteiger partial charge >= 0.3 is 0 Å². The van der Waals surface area contributed by atoms with Gasteiger partial charge < -0.3 is 14.6 Å². The molecule has 0 atom stereocenters. The number of pyridine rings is 1. The van der Waals surface area contributed by atoms with Crippen LogP contribution >= 0.6 is 11.3 Å². The predicted molar refractivity (Wildman–Crippen MR) is 117 cm³/mol. The van der Waals surface area contributed by atoms with Gasteiger partial charge in [0, 0.05) is 41.1 Å². The first-order valence-electron chi connectivity index (χ1n) is 9.36. The minimum Gasteiger partial charge on any atom is -0.497 e. The number of nitrogens with one attached hydrogen (secondary N) is 1. The molecule has 0 spiro atoms. The number of benzene rings is 1. The quantitative estimate of drug-likeness (QED) is 0.488. The van der Waals surface area contributed by atoms with Gasteiger partial charge in [0.25, 0.3) is 5.91 Å². The third-order valence-electron chi connectivity index (χ3n) is 4.71. The highest BCUT2D eigenvalue weighted by Crippen LogP contribution is 2.35. The number of rotatable bonds is 5. The maximum Gasteiger partial charge on any atom is 0.267 e. The summed E-state index contributed by atoms with van der Waals surface area (Å²) >= 11 is 1.39. The first-order valence-corrected chi connectivity index (χ1v) is 10.2. The molecule has 7 heteroatoms. The van der Waals surface area contributed by atoms with Crippen molar-refractivity contribution in [2.45, 2.75) is 26.8 Å². The molecule has 0 aliphatic carbocycles. The summed E-state index contributed by atoms with van der Waals surface area (Å²) < 4.78 is 7.36. The number of hydrogen-bond donors (Lipinski definition) is 1. The number of ether oxygens (including phenoxy) is 1. The standard InChI is InChI=1S/C22H22N4O2S/c1-13(2)26-12-18(17-9-6-10-23-20(17)26)22-24-14(3)19(29-22)21(27)25-15-7-5-8-16(11-15)28-4/h5-13H,1-4H3,(H,25,27). The molecule has 0 saturated heterocycles. The Kier molecular flexibility index (Phi) is 5.07. The largest absolute Gasteiger partial charge is 0.497 e. The molecule has 0 saturated carbocycles. The van der Waals surface area contributed by atoms with Gasteiger partial charge in [0.2, 0.25) is 0 Å². The second kappa shape index (κ2) is 7.67. The number of aromatic nitrogens is 3. The van der Waals surface area contributed by atoms with Crippen molar-refractivity contribution >= 4 is 34.0 Å². The zero-order valence-corrected chi connectivity index (χ0v) is 17.6. The molecular weight excluding hydrogens is 384 g/mol. The lowest BCUT2D eigenvalue weighted by Crippen LogP contribution is -2.11. The average molecular weight is 407 g/mol. The number of anilines is 1. The van der Waals surface area contributed by atoms with Crippen molar-refractivity contribution in [1.82, 2.24) is 14.5 Å². The molecule has 0 aliphatic rings. The van der Waals surface area contributed by atoms with E-state index in [0.29, 0.717) is 22.0 Å². The summed E-state index contributed by atoms with van der Waals surface area (Å²) in [6, 6.07) is 11.5. The average Bonchev–Trinajstić information content (AvgIpc) is 3.29. The Bertz CT molecular complexity index is 1190. The van der Waals surface area contributed by atoms with Crippen LogP contribution in [0.1, 0.15) is 35.3 Å². The third kappa shape index (κ3) is 3.61. The van der Waals surface area contributed by atoms with Crippen LogP contribution in [0.3, 0.4) is 0 Å². The number of fused-ring (bicyclic) bond motifs is 1. The SMILES string of the molecule is COc1cccc(NC(=O)c2sc(-c3cn(C(C)C)c4ncccc34)nc2C)c1. The first kappa shape index (κ1) is 19.1. The highest BCUT2D eigenvalue weighted by Gasteiger charge is 2.20. The monoisotopic (exact) mass is 406 g/mol. The van der Waals surface area contributed by atoms with Crippen molar-refractivity contribution < 1.29 is 9.53 Å². The summed E-state index contributed by atoms with van der Waals surface area (Å²) in [6.45, 7) is 6.11. The number of carbonyl (C=O) groups excluding carboxylic acids is 1. The van der Waals surface area contributed by atoms with Crippen LogP contribution in [0.15, 0.2) is 48.8 Å². The molecule has 29 heavy (non-hydrogen) atoms. The molecule has 0 bridgehead atoms. The van der Waals surface area contributed by atoms with E-state index in [2.05, 4.69) is 34.9 Å². The predicted octanol–water partition coefficient (Wildman–Crippen LogP) is 5.31. The number of nitrogens with zero attached hydrogens (tertiary/aromatic N) is 3. The summed E-state index contributed by atoms with van der Waals surface area (Å²) in [4.78, 5) is 22.7. The molecule has 3 aromatic heterocycles. The molecule has 4 rings (SSSR count). The van der Waals surface area contributed by atoms with Crippen LogP contribution < -0.4 is 10.1 Å². The molecule has 148 valence electrons. The normalized spacial score (nSPS) is 11.2. The summed E-state index contributed by atoms with van der Waals surface area (Å²) in [5.41, 5.74) is 3.31. The maximum atomic E-state index is 12.9. The van der Waals surface area contributed by atoms with E-state index in [-0.39, 0.29) is 11.9 Å². The van der Waals surface area contributed by atoms with Crippen LogP contribution in [0.25, 0.3) is 21.6 Å². The number of methoxy groups -OCH3 is 1. The van der Waals surface area contributed by atoms with E-state index in [9.17, 15) is 4.79 Å². The molecule has 3 heterocycles. The summed E-state index contributed by atoms with van der Waals surface area (Å²) in [7, 11) is 1.60. The lowest BCUT2D eigenvalue weighted by Gasteiger charge is -2.07. The van der Waals surface area contributed by atoms with E-state index in [1.807, 2.05) is 37.3 Å². The van der Waals surface area contributed by atoms with Crippen LogP contribution in [0.4, 0.5) is 5.69 Å². The van der Waals surface area contributed by atoms with E-state index in [4.69, 9.17) is 9.72 Å². The Morgan fingerprint density at radius 1 is 1.24 bits per heavy atom. The second-order valence-corrected chi connectivity index (χ2v) is 8.04. The topological polar surface area (TPSA) is 69.0 Å². The molecule has 0 unspecified atom stereocenters. The van der Waals surface area contributed by atoms with Gasteiger partial charge in [-0.1, -0.05) is 6.07 Å². The van der Waals surface area contributed by atoms with Gasteiger partial charge in [0.15, 0.2) is 0 Å². The van der Waals surface area contributed by atoms with Crippen LogP contribution in [-0.4, -0.2) is 27.6 Å². The molecule has 1 N–H and O–H groups in total. The van der Waals surface area contributed by atoms with Crippen molar-refractivity contribution in [3.8, 4) is 16.3 Å². The lowest BCUT2D eigenvalue weighted by molar-refractivity contribution is 0.103. The van der Waals surface area contributed by atoms with Crippen LogP contribution in [-0.2, 0) is 0 Å². The van der Waals surface area contributed by atoms with Gasteiger partial charge in [0.05, 0.1) is 12.8 Å². The Labute approximate surface area is 173 Å². The Balaban J connectivity index is 1.70. The number of hydrogen-bond acceptors (Lipinski definition) is 5. The number of carbonyl (C=O) groups is 1. The Morgan fingerprint density at radius 3 is 2.83 bits per heavy atom. The summed E-state index contributed by atoms with van der Waals surface area (Å²) in [5.74, 6) is 0.517. The van der Waals surface area contributed by atoms with E-state index < -0.39 is 0 Å². The maximum absolute atomic E-state index is 12.9. The third-order valence-corrected chi connectivity index (χ3v) is 5.90. The van der Waals surface area contributed by atoms with Crippen LogP contribution in [0, 0.1) is 6.92 Å².